The van der Waals surface area contributed by atoms with E-state index in [2.05, 4.69) is 59.7 Å². The van der Waals surface area contributed by atoms with E-state index < -0.39 is 0 Å². The second kappa shape index (κ2) is 5.41. The van der Waals surface area contributed by atoms with E-state index in [1.807, 2.05) is 6.07 Å². The van der Waals surface area contributed by atoms with Crippen molar-refractivity contribution in [2.24, 2.45) is 0 Å². The van der Waals surface area contributed by atoms with Crippen LogP contribution >= 0.6 is 11.3 Å². The first-order chi connectivity index (χ1) is 9.33. The molecule has 0 aliphatic rings. The van der Waals surface area contributed by atoms with E-state index in [0.29, 0.717) is 0 Å². The van der Waals surface area contributed by atoms with Gasteiger partial charge in [0.05, 0.1) is 15.2 Å². The molecular formula is C16H16N2S. The van der Waals surface area contributed by atoms with Crippen LogP contribution in [-0.2, 0) is 6.42 Å². The fourth-order valence-electron chi connectivity index (χ4n) is 2.10. The number of fused-ring (bicyclic) bond motifs is 1. The average molecular weight is 268 g/mol. The number of anilines is 1. The lowest BCUT2D eigenvalue weighted by Gasteiger charge is -2.07. The summed E-state index contributed by atoms with van der Waals surface area (Å²) in [5, 5.41) is 4.67. The smallest absolute Gasteiger partial charge is 0.0956 e. The summed E-state index contributed by atoms with van der Waals surface area (Å²) in [6.45, 7) is 3.05. The number of nitrogens with one attached hydrogen (secondary N) is 1. The van der Waals surface area contributed by atoms with Crippen molar-refractivity contribution in [3.05, 3.63) is 59.1 Å². The first-order valence-electron chi connectivity index (χ1n) is 6.47. The zero-order valence-electron chi connectivity index (χ0n) is 10.9. The number of hydrogen-bond acceptors (Lipinski definition) is 3. The second-order valence-corrected chi connectivity index (χ2v) is 5.68. The minimum atomic E-state index is 0.921. The standard InChI is InChI=1S/C16H16N2S/c1-12-6-2-3-7-13(12)17-11-10-16-18-14-8-4-5-9-15(14)19-16/h2-9,17H,10-11H2,1H3. The molecule has 2 aromatic carbocycles. The van der Waals surface area contributed by atoms with Crippen molar-refractivity contribution in [3.8, 4) is 0 Å². The Kier molecular flexibility index (Phi) is 3.47. The number of rotatable bonds is 4. The van der Waals surface area contributed by atoms with Crippen LogP contribution in [0.4, 0.5) is 5.69 Å². The van der Waals surface area contributed by atoms with Gasteiger partial charge in [-0.05, 0) is 30.7 Å². The molecule has 2 nitrogen and oxygen atoms in total. The zero-order valence-corrected chi connectivity index (χ0v) is 11.7. The lowest BCUT2D eigenvalue weighted by Crippen LogP contribution is -2.05. The molecule has 1 N–H and O–H groups in total. The number of hydrogen-bond donors (Lipinski definition) is 1. The summed E-state index contributed by atoms with van der Waals surface area (Å²) >= 11 is 1.79. The Balaban J connectivity index is 1.65. The highest BCUT2D eigenvalue weighted by atomic mass is 32.1. The van der Waals surface area contributed by atoms with Crippen molar-refractivity contribution in [3.63, 3.8) is 0 Å². The van der Waals surface area contributed by atoms with Crippen LogP contribution in [0.25, 0.3) is 10.2 Å². The van der Waals surface area contributed by atoms with Gasteiger partial charge in [-0.1, -0.05) is 30.3 Å². The van der Waals surface area contributed by atoms with Crippen LogP contribution < -0.4 is 5.32 Å². The maximum Gasteiger partial charge on any atom is 0.0956 e. The van der Waals surface area contributed by atoms with Crippen LogP contribution in [0.2, 0.25) is 0 Å². The summed E-state index contributed by atoms with van der Waals surface area (Å²) in [7, 11) is 0. The van der Waals surface area contributed by atoms with E-state index in [4.69, 9.17) is 0 Å². The number of thiazole rings is 1. The quantitative estimate of drug-likeness (QED) is 0.764. The molecule has 0 bridgehead atoms. The van der Waals surface area contributed by atoms with Crippen molar-refractivity contribution in [1.29, 1.82) is 0 Å². The average Bonchev–Trinajstić information content (AvgIpc) is 2.83. The highest BCUT2D eigenvalue weighted by molar-refractivity contribution is 7.18. The van der Waals surface area contributed by atoms with E-state index in [1.165, 1.54) is 21.0 Å². The van der Waals surface area contributed by atoms with Crippen LogP contribution in [0.1, 0.15) is 10.6 Å². The molecule has 0 unspecified atom stereocenters. The molecule has 0 atom stereocenters. The molecule has 0 aliphatic carbocycles. The second-order valence-electron chi connectivity index (χ2n) is 4.57. The predicted molar refractivity (Wildman–Crippen MR) is 83.0 cm³/mol. The van der Waals surface area contributed by atoms with Gasteiger partial charge in [-0.3, -0.25) is 0 Å². The van der Waals surface area contributed by atoms with Crippen molar-refractivity contribution in [1.82, 2.24) is 4.98 Å². The molecule has 19 heavy (non-hydrogen) atoms. The minimum absolute atomic E-state index is 0.921. The summed E-state index contributed by atoms with van der Waals surface area (Å²) in [5.74, 6) is 0. The van der Waals surface area contributed by atoms with E-state index in [9.17, 15) is 0 Å². The van der Waals surface area contributed by atoms with E-state index >= 15 is 0 Å². The van der Waals surface area contributed by atoms with Gasteiger partial charge in [-0.2, -0.15) is 0 Å². The van der Waals surface area contributed by atoms with Crippen molar-refractivity contribution in [2.75, 3.05) is 11.9 Å². The van der Waals surface area contributed by atoms with Gasteiger partial charge in [0.2, 0.25) is 0 Å². The summed E-state index contributed by atoms with van der Waals surface area (Å²) in [6, 6.07) is 16.7. The van der Waals surface area contributed by atoms with Gasteiger partial charge < -0.3 is 5.32 Å². The highest BCUT2D eigenvalue weighted by Crippen LogP contribution is 2.22. The van der Waals surface area contributed by atoms with Crippen LogP contribution in [0.3, 0.4) is 0 Å². The van der Waals surface area contributed by atoms with Gasteiger partial charge in [0.15, 0.2) is 0 Å². The lowest BCUT2D eigenvalue weighted by atomic mass is 10.2. The number of aromatic nitrogens is 1. The topological polar surface area (TPSA) is 24.9 Å². The van der Waals surface area contributed by atoms with E-state index in [-0.39, 0.29) is 0 Å². The van der Waals surface area contributed by atoms with Gasteiger partial charge in [-0.25, -0.2) is 4.98 Å². The molecule has 0 radical (unpaired) electrons. The van der Waals surface area contributed by atoms with Crippen molar-refractivity contribution in [2.45, 2.75) is 13.3 Å². The zero-order chi connectivity index (χ0) is 13.1. The number of para-hydroxylation sites is 2. The summed E-state index contributed by atoms with van der Waals surface area (Å²) in [4.78, 5) is 4.64. The van der Waals surface area contributed by atoms with E-state index in [1.54, 1.807) is 11.3 Å². The molecule has 0 spiro atoms. The fraction of sp³-hybridized carbons (Fsp3) is 0.188. The van der Waals surface area contributed by atoms with Gasteiger partial charge in [-0.15, -0.1) is 11.3 Å². The maximum atomic E-state index is 4.64. The molecule has 1 aromatic heterocycles. The normalized spacial score (nSPS) is 10.8. The third-order valence-corrected chi connectivity index (χ3v) is 4.23. The number of benzene rings is 2. The Bertz CT molecular complexity index is 655. The SMILES string of the molecule is Cc1ccccc1NCCc1nc2ccccc2s1. The van der Waals surface area contributed by atoms with Crippen molar-refractivity contribution >= 4 is 27.2 Å². The van der Waals surface area contributed by atoms with Crippen LogP contribution in [-0.4, -0.2) is 11.5 Å². The van der Waals surface area contributed by atoms with Gasteiger partial charge in [0, 0.05) is 18.7 Å². The molecule has 0 saturated heterocycles. The number of nitrogens with zero attached hydrogens (tertiary/aromatic N) is 1. The van der Waals surface area contributed by atoms with E-state index in [0.717, 1.165) is 18.5 Å². The lowest BCUT2D eigenvalue weighted by molar-refractivity contribution is 1.00. The molecule has 3 aromatic rings. The minimum Gasteiger partial charge on any atom is -0.384 e. The van der Waals surface area contributed by atoms with Crippen molar-refractivity contribution < 1.29 is 0 Å². The molecule has 0 saturated carbocycles. The van der Waals surface area contributed by atoms with Crippen LogP contribution in [0, 0.1) is 6.92 Å². The molecular weight excluding hydrogens is 252 g/mol. The van der Waals surface area contributed by atoms with Gasteiger partial charge in [0.25, 0.3) is 0 Å². The summed E-state index contributed by atoms with van der Waals surface area (Å²) in [5.41, 5.74) is 3.61. The van der Waals surface area contributed by atoms with Gasteiger partial charge >= 0.3 is 0 Å². The third-order valence-electron chi connectivity index (χ3n) is 3.14. The Morgan fingerprint density at radius 3 is 2.68 bits per heavy atom. The van der Waals surface area contributed by atoms with Crippen LogP contribution in [0.5, 0.6) is 0 Å². The summed E-state index contributed by atoms with van der Waals surface area (Å²) < 4.78 is 1.27. The molecule has 0 fully saturated rings. The molecule has 0 amide bonds. The molecule has 96 valence electrons. The Labute approximate surface area is 117 Å². The van der Waals surface area contributed by atoms with Gasteiger partial charge in [0.1, 0.15) is 0 Å². The largest absolute Gasteiger partial charge is 0.384 e. The number of aryl methyl sites for hydroxylation is 1. The third kappa shape index (κ3) is 2.76. The Morgan fingerprint density at radius 2 is 1.84 bits per heavy atom. The molecule has 3 rings (SSSR count). The molecule has 1 heterocycles. The molecule has 0 aliphatic heterocycles. The highest BCUT2D eigenvalue weighted by Gasteiger charge is 2.03. The first-order valence-corrected chi connectivity index (χ1v) is 7.28. The van der Waals surface area contributed by atoms with Crippen LogP contribution in [0.15, 0.2) is 48.5 Å². The Morgan fingerprint density at radius 1 is 1.05 bits per heavy atom. The molecule has 3 heteroatoms. The Hall–Kier alpha value is -1.87. The first kappa shape index (κ1) is 12.2. The predicted octanol–water partition coefficient (Wildman–Crippen LogP) is 4.26. The summed E-state index contributed by atoms with van der Waals surface area (Å²) in [6.07, 6.45) is 0.966. The monoisotopic (exact) mass is 268 g/mol. The maximum absolute atomic E-state index is 4.64. The fourth-order valence-corrected chi connectivity index (χ4v) is 3.07.